The maximum Gasteiger partial charge on any atom is 0.215 e. The van der Waals surface area contributed by atoms with E-state index in [0.717, 1.165) is 29.4 Å². The topological polar surface area (TPSA) is 92.3 Å². The number of ether oxygens (including phenoxy) is 2. The van der Waals surface area contributed by atoms with Crippen molar-refractivity contribution in [3.63, 3.8) is 0 Å². The Balaban J connectivity index is 0.00000300. The number of halogens is 1. The molecule has 0 bridgehead atoms. The second-order valence-corrected chi connectivity index (χ2v) is 9.74. The molecule has 0 aromatic heterocycles. The molecule has 3 rings (SSSR count). The molecule has 0 unspecified atom stereocenters. The fourth-order valence-electron chi connectivity index (χ4n) is 2.91. The van der Waals surface area contributed by atoms with Crippen molar-refractivity contribution >= 4 is 57.4 Å². The van der Waals surface area contributed by atoms with Crippen molar-refractivity contribution in [2.45, 2.75) is 13.3 Å². The van der Waals surface area contributed by atoms with Crippen LogP contribution in [0.2, 0.25) is 0 Å². The van der Waals surface area contributed by atoms with Crippen molar-refractivity contribution < 1.29 is 17.9 Å². The Labute approximate surface area is 194 Å². The van der Waals surface area contributed by atoms with Gasteiger partial charge in [0.05, 0.1) is 25.5 Å². The highest BCUT2D eigenvalue weighted by molar-refractivity contribution is 14.0. The lowest BCUT2D eigenvalue weighted by molar-refractivity contribution is 0.297. The SMILES string of the molecule is CCNC(=NCCS(=O)(=O)N1CCSCC1)Nc1ccc2c(c1)OCCCO2.I. The lowest BCUT2D eigenvalue weighted by Crippen LogP contribution is -2.40. The molecule has 1 fully saturated rings. The number of guanidine groups is 1. The Hall–Kier alpha value is -0.920. The maximum absolute atomic E-state index is 12.5. The van der Waals surface area contributed by atoms with E-state index >= 15 is 0 Å². The molecule has 1 aromatic rings. The van der Waals surface area contributed by atoms with Gasteiger partial charge >= 0.3 is 0 Å². The minimum absolute atomic E-state index is 0. The van der Waals surface area contributed by atoms with Crippen LogP contribution in [0, 0.1) is 0 Å². The van der Waals surface area contributed by atoms with Crippen LogP contribution in [-0.2, 0) is 10.0 Å². The predicted octanol–water partition coefficient (Wildman–Crippen LogP) is 2.22. The van der Waals surface area contributed by atoms with Crippen LogP contribution < -0.4 is 20.1 Å². The number of rotatable bonds is 6. The third-order valence-electron chi connectivity index (χ3n) is 4.34. The first-order valence-corrected chi connectivity index (χ1v) is 12.4. The quantitative estimate of drug-likeness (QED) is 0.316. The van der Waals surface area contributed by atoms with E-state index in [4.69, 9.17) is 9.47 Å². The molecular formula is C18H29IN4O4S2. The molecule has 0 radical (unpaired) electrons. The van der Waals surface area contributed by atoms with E-state index in [0.29, 0.717) is 44.6 Å². The molecule has 2 heterocycles. The summed E-state index contributed by atoms with van der Waals surface area (Å²) in [5.74, 6) is 3.70. The van der Waals surface area contributed by atoms with E-state index in [1.807, 2.05) is 25.1 Å². The summed E-state index contributed by atoms with van der Waals surface area (Å²) >= 11 is 1.79. The van der Waals surface area contributed by atoms with Crippen molar-refractivity contribution in [1.29, 1.82) is 0 Å². The Kier molecular flexibility index (Phi) is 10.1. The molecule has 1 aromatic carbocycles. The summed E-state index contributed by atoms with van der Waals surface area (Å²) in [5.41, 5.74) is 0.805. The number of fused-ring (bicyclic) bond motifs is 1. The highest BCUT2D eigenvalue weighted by Crippen LogP contribution is 2.32. The zero-order chi connectivity index (χ0) is 19.8. The molecule has 0 aliphatic carbocycles. The number of benzene rings is 1. The lowest BCUT2D eigenvalue weighted by Gasteiger charge is -2.25. The second kappa shape index (κ2) is 12.1. The molecule has 0 saturated carbocycles. The first-order valence-electron chi connectivity index (χ1n) is 9.59. The number of hydrogen-bond donors (Lipinski definition) is 2. The third kappa shape index (κ3) is 7.37. The second-order valence-electron chi connectivity index (χ2n) is 6.43. The van der Waals surface area contributed by atoms with Gasteiger partial charge < -0.3 is 20.1 Å². The van der Waals surface area contributed by atoms with Crippen LogP contribution in [0.15, 0.2) is 23.2 Å². The third-order valence-corrected chi connectivity index (χ3v) is 7.13. The van der Waals surface area contributed by atoms with Gasteiger partial charge in [-0.05, 0) is 19.1 Å². The largest absolute Gasteiger partial charge is 0.490 e. The minimum Gasteiger partial charge on any atom is -0.490 e. The molecule has 1 saturated heterocycles. The van der Waals surface area contributed by atoms with Gasteiger partial charge in [0.1, 0.15) is 0 Å². The molecule has 0 spiro atoms. The summed E-state index contributed by atoms with van der Waals surface area (Å²) in [6, 6.07) is 5.63. The highest BCUT2D eigenvalue weighted by Gasteiger charge is 2.23. The van der Waals surface area contributed by atoms with Crippen molar-refractivity contribution in [2.24, 2.45) is 4.99 Å². The summed E-state index contributed by atoms with van der Waals surface area (Å²) in [5, 5.41) is 6.35. The average Bonchev–Trinajstić information content (AvgIpc) is 2.94. The van der Waals surface area contributed by atoms with E-state index in [1.54, 1.807) is 16.1 Å². The van der Waals surface area contributed by atoms with Gasteiger partial charge in [-0.25, -0.2) is 12.7 Å². The van der Waals surface area contributed by atoms with Crippen LogP contribution in [0.25, 0.3) is 0 Å². The fourth-order valence-corrected chi connectivity index (χ4v) is 5.36. The molecule has 0 atom stereocenters. The van der Waals surface area contributed by atoms with Crippen LogP contribution in [0.5, 0.6) is 11.5 Å². The summed E-state index contributed by atoms with van der Waals surface area (Å²) in [7, 11) is -3.26. The smallest absolute Gasteiger partial charge is 0.215 e. The van der Waals surface area contributed by atoms with Gasteiger partial charge in [-0.3, -0.25) is 4.99 Å². The molecule has 164 valence electrons. The summed E-state index contributed by atoms with van der Waals surface area (Å²) < 4.78 is 37.8. The first-order chi connectivity index (χ1) is 13.6. The van der Waals surface area contributed by atoms with Crippen LogP contribution in [0.4, 0.5) is 5.69 Å². The number of anilines is 1. The standard InChI is InChI=1S/C18H28N4O4S2.HI/c1-2-19-18(20-6-13-28(23,24)22-7-11-27-12-8-22)21-15-4-5-16-17(14-15)26-10-3-9-25-16;/h4-5,14H,2-3,6-13H2,1H3,(H2,19,20,21);1H. The zero-order valence-electron chi connectivity index (χ0n) is 16.6. The number of thioether (sulfide) groups is 1. The Morgan fingerprint density at radius 1 is 1.21 bits per heavy atom. The van der Waals surface area contributed by atoms with Gasteiger partial charge in [0.25, 0.3) is 0 Å². The number of nitrogens with zero attached hydrogens (tertiary/aromatic N) is 2. The highest BCUT2D eigenvalue weighted by atomic mass is 127. The number of hydrogen-bond acceptors (Lipinski definition) is 6. The average molecular weight is 556 g/mol. The van der Waals surface area contributed by atoms with Crippen molar-refractivity contribution in [2.75, 3.05) is 62.0 Å². The van der Waals surface area contributed by atoms with E-state index in [-0.39, 0.29) is 36.3 Å². The Bertz CT molecular complexity index is 786. The van der Waals surface area contributed by atoms with Gasteiger partial charge in [-0.1, -0.05) is 0 Å². The van der Waals surface area contributed by atoms with Crippen molar-refractivity contribution in [3.05, 3.63) is 18.2 Å². The van der Waals surface area contributed by atoms with Gasteiger partial charge in [-0.2, -0.15) is 11.8 Å². The van der Waals surface area contributed by atoms with E-state index in [9.17, 15) is 8.42 Å². The minimum atomic E-state index is -3.26. The summed E-state index contributed by atoms with van der Waals surface area (Å²) in [4.78, 5) is 4.43. The van der Waals surface area contributed by atoms with Crippen LogP contribution in [0.1, 0.15) is 13.3 Å². The Morgan fingerprint density at radius 3 is 2.66 bits per heavy atom. The normalized spacial score (nSPS) is 17.8. The number of aliphatic imine (C=N–C) groups is 1. The Morgan fingerprint density at radius 2 is 1.93 bits per heavy atom. The first kappa shape index (κ1) is 24.4. The number of nitrogens with one attached hydrogen (secondary N) is 2. The van der Waals surface area contributed by atoms with Gasteiger partial charge in [-0.15, -0.1) is 24.0 Å². The van der Waals surface area contributed by atoms with Crippen LogP contribution in [-0.4, -0.2) is 75.3 Å². The number of sulfonamides is 1. The molecule has 11 heteroatoms. The maximum atomic E-state index is 12.5. The van der Waals surface area contributed by atoms with Gasteiger partial charge in [0.15, 0.2) is 17.5 Å². The molecule has 2 N–H and O–H groups in total. The van der Waals surface area contributed by atoms with Crippen molar-refractivity contribution in [3.8, 4) is 11.5 Å². The fraction of sp³-hybridized carbons (Fsp3) is 0.611. The van der Waals surface area contributed by atoms with Crippen molar-refractivity contribution in [1.82, 2.24) is 9.62 Å². The summed E-state index contributed by atoms with van der Waals surface area (Å²) in [6.07, 6.45) is 0.853. The van der Waals surface area contributed by atoms with Gasteiger partial charge in [0.2, 0.25) is 10.0 Å². The molecule has 29 heavy (non-hydrogen) atoms. The molecular weight excluding hydrogens is 527 g/mol. The molecule has 0 amide bonds. The molecule has 2 aliphatic heterocycles. The van der Waals surface area contributed by atoms with Gasteiger partial charge in [0, 0.05) is 49.3 Å². The summed E-state index contributed by atoms with van der Waals surface area (Å²) in [6.45, 7) is 5.29. The lowest BCUT2D eigenvalue weighted by atomic mass is 10.3. The van der Waals surface area contributed by atoms with Crippen LogP contribution in [0.3, 0.4) is 0 Å². The zero-order valence-corrected chi connectivity index (χ0v) is 20.5. The monoisotopic (exact) mass is 556 g/mol. The van der Waals surface area contributed by atoms with E-state index in [2.05, 4.69) is 15.6 Å². The molecule has 2 aliphatic rings. The molecule has 8 nitrogen and oxygen atoms in total. The van der Waals surface area contributed by atoms with E-state index < -0.39 is 10.0 Å². The predicted molar refractivity (Wildman–Crippen MR) is 130 cm³/mol. The van der Waals surface area contributed by atoms with Crippen LogP contribution >= 0.6 is 35.7 Å². The van der Waals surface area contributed by atoms with E-state index in [1.165, 1.54) is 0 Å².